The first kappa shape index (κ1) is 25.3. The molecule has 7 heteroatoms. The molecule has 2 saturated heterocycles. The Balaban J connectivity index is 1.02. The third-order valence-electron chi connectivity index (χ3n) is 9.53. The number of benzene rings is 2. The van der Waals surface area contributed by atoms with Crippen molar-refractivity contribution in [1.82, 2.24) is 14.8 Å². The van der Waals surface area contributed by atoms with E-state index in [0.29, 0.717) is 24.7 Å². The third kappa shape index (κ3) is 4.46. The second-order valence-corrected chi connectivity index (χ2v) is 11.8. The number of methoxy groups -OCH3 is 1. The highest BCUT2D eigenvalue weighted by atomic mass is 16.5. The van der Waals surface area contributed by atoms with Gasteiger partial charge in [-0.05, 0) is 86.0 Å². The summed E-state index contributed by atoms with van der Waals surface area (Å²) in [5.74, 6) is 1.57. The van der Waals surface area contributed by atoms with Gasteiger partial charge in [0, 0.05) is 54.7 Å². The van der Waals surface area contributed by atoms with Crippen molar-refractivity contribution >= 4 is 22.5 Å². The lowest BCUT2D eigenvalue weighted by Gasteiger charge is -2.46. The van der Waals surface area contributed by atoms with Crippen LogP contribution in [0.3, 0.4) is 0 Å². The number of aliphatic hydroxyl groups excluding tert-OH is 1. The van der Waals surface area contributed by atoms with Gasteiger partial charge in [-0.25, -0.2) is 0 Å². The average Bonchev–Trinajstić information content (AvgIpc) is 3.52. The van der Waals surface area contributed by atoms with Crippen LogP contribution < -0.4 is 10.1 Å². The Morgan fingerprint density at radius 2 is 1.97 bits per heavy atom. The molecule has 3 N–H and O–H groups in total. The van der Waals surface area contributed by atoms with Gasteiger partial charge >= 0.3 is 0 Å². The number of fused-ring (bicyclic) bond motifs is 3. The first-order valence-electron chi connectivity index (χ1n) is 14.1. The first-order chi connectivity index (χ1) is 18.4. The Labute approximate surface area is 225 Å². The van der Waals surface area contributed by atoms with Crippen molar-refractivity contribution in [3.8, 4) is 5.75 Å². The zero-order valence-corrected chi connectivity index (χ0v) is 22.8. The molecule has 38 heavy (non-hydrogen) atoms. The lowest BCUT2D eigenvalue weighted by Crippen LogP contribution is -2.52. The van der Waals surface area contributed by atoms with Crippen molar-refractivity contribution in [3.05, 3.63) is 59.3 Å². The van der Waals surface area contributed by atoms with E-state index in [1.165, 1.54) is 16.8 Å². The number of rotatable bonds is 5. The molecular formula is C31H40N4O3. The second-order valence-electron chi connectivity index (χ2n) is 11.8. The zero-order valence-electron chi connectivity index (χ0n) is 22.8. The Kier molecular flexibility index (Phi) is 6.60. The minimum absolute atomic E-state index is 0.0314. The van der Waals surface area contributed by atoms with Crippen LogP contribution in [0.15, 0.2) is 42.5 Å². The summed E-state index contributed by atoms with van der Waals surface area (Å²) in [6.45, 7) is 9.64. The summed E-state index contributed by atoms with van der Waals surface area (Å²) in [7, 11) is 1.65. The molecule has 2 aromatic carbocycles. The van der Waals surface area contributed by atoms with Gasteiger partial charge in [0.25, 0.3) is 5.91 Å². The van der Waals surface area contributed by atoms with Gasteiger partial charge in [0.05, 0.1) is 13.2 Å². The monoisotopic (exact) mass is 516 g/mol. The first-order valence-corrected chi connectivity index (χ1v) is 14.1. The van der Waals surface area contributed by atoms with Crippen LogP contribution in [-0.2, 0) is 5.41 Å². The largest absolute Gasteiger partial charge is 0.497 e. The highest BCUT2D eigenvalue weighted by molar-refractivity contribution is 5.98. The molecule has 3 unspecified atom stereocenters. The summed E-state index contributed by atoms with van der Waals surface area (Å²) in [5, 5.41) is 15.8. The molecule has 3 aromatic rings. The average molecular weight is 517 g/mol. The molecule has 3 atom stereocenters. The van der Waals surface area contributed by atoms with Crippen molar-refractivity contribution in [2.45, 2.75) is 44.6 Å². The summed E-state index contributed by atoms with van der Waals surface area (Å²) in [4.78, 5) is 20.8. The summed E-state index contributed by atoms with van der Waals surface area (Å²) < 4.78 is 5.31. The molecule has 0 bridgehead atoms. The normalized spacial score (nSPS) is 24.9. The molecular weight excluding hydrogens is 476 g/mol. The number of ether oxygens (including phenoxy) is 1. The number of β-amino-alcohol motifs (C(OH)–C–C–N with tert-alkyl or cyclic N) is 1. The van der Waals surface area contributed by atoms with E-state index in [2.05, 4.69) is 47.2 Å². The van der Waals surface area contributed by atoms with Crippen molar-refractivity contribution in [1.29, 1.82) is 0 Å². The smallest absolute Gasteiger partial charge is 0.270 e. The summed E-state index contributed by atoms with van der Waals surface area (Å²) >= 11 is 0. The Hall–Kier alpha value is -3.03. The molecule has 0 saturated carbocycles. The molecule has 1 amide bonds. The van der Waals surface area contributed by atoms with Gasteiger partial charge in [0.2, 0.25) is 0 Å². The molecule has 7 nitrogen and oxygen atoms in total. The number of aliphatic hydroxyl groups is 1. The number of carbonyl (C=O) groups is 1. The van der Waals surface area contributed by atoms with Crippen LogP contribution in [0.1, 0.15) is 47.8 Å². The maximum absolute atomic E-state index is 13.2. The maximum atomic E-state index is 13.2. The molecule has 3 aliphatic heterocycles. The molecule has 6 rings (SSSR count). The summed E-state index contributed by atoms with van der Waals surface area (Å²) in [5.41, 5.74) is 5.83. The van der Waals surface area contributed by atoms with E-state index >= 15 is 0 Å². The van der Waals surface area contributed by atoms with Gasteiger partial charge in [-0.2, -0.15) is 0 Å². The summed E-state index contributed by atoms with van der Waals surface area (Å²) in [6, 6.07) is 14.5. The van der Waals surface area contributed by atoms with Gasteiger partial charge < -0.3 is 29.9 Å². The maximum Gasteiger partial charge on any atom is 0.270 e. The fourth-order valence-electron chi connectivity index (χ4n) is 7.10. The number of likely N-dealkylation sites (tertiary alicyclic amines) is 2. The van der Waals surface area contributed by atoms with Crippen LogP contribution in [0, 0.1) is 18.8 Å². The van der Waals surface area contributed by atoms with E-state index in [-0.39, 0.29) is 23.3 Å². The van der Waals surface area contributed by atoms with Gasteiger partial charge in [-0.3, -0.25) is 4.79 Å². The topological polar surface area (TPSA) is 80.8 Å². The number of nitrogens with one attached hydrogen (secondary N) is 2. The number of H-pyrrole nitrogens is 1. The molecule has 1 aromatic heterocycles. The van der Waals surface area contributed by atoms with E-state index in [1.807, 2.05) is 29.2 Å². The number of anilines is 1. The van der Waals surface area contributed by atoms with Crippen LogP contribution in [0.2, 0.25) is 0 Å². The van der Waals surface area contributed by atoms with Gasteiger partial charge in [0.15, 0.2) is 0 Å². The quantitative estimate of drug-likeness (QED) is 0.468. The molecule has 0 radical (unpaired) electrons. The number of aromatic nitrogens is 1. The van der Waals surface area contributed by atoms with Crippen LogP contribution >= 0.6 is 0 Å². The van der Waals surface area contributed by atoms with Crippen LogP contribution in [-0.4, -0.2) is 78.3 Å². The van der Waals surface area contributed by atoms with Crippen LogP contribution in [0.25, 0.3) is 10.9 Å². The van der Waals surface area contributed by atoms with Crippen molar-refractivity contribution < 1.29 is 14.6 Å². The third-order valence-corrected chi connectivity index (χ3v) is 9.53. The van der Waals surface area contributed by atoms with Gasteiger partial charge in [0.1, 0.15) is 11.4 Å². The van der Waals surface area contributed by atoms with E-state index in [1.54, 1.807) is 7.11 Å². The molecule has 2 fully saturated rings. The van der Waals surface area contributed by atoms with Crippen molar-refractivity contribution in [2.75, 3.05) is 51.7 Å². The number of nitrogens with zero attached hydrogens (tertiary/aromatic N) is 2. The minimum atomic E-state index is -0.356. The lowest BCUT2D eigenvalue weighted by atomic mass is 9.67. The number of aryl methyl sites for hydroxylation is 1. The molecule has 3 aliphatic rings. The van der Waals surface area contributed by atoms with Gasteiger partial charge in [-0.1, -0.05) is 19.1 Å². The van der Waals surface area contributed by atoms with E-state index in [9.17, 15) is 9.90 Å². The van der Waals surface area contributed by atoms with Crippen LogP contribution in [0.5, 0.6) is 5.75 Å². The Bertz CT molecular complexity index is 1330. The number of amides is 1. The number of piperidine rings is 2. The number of carbonyl (C=O) groups excluding carboxylic acids is 1. The van der Waals surface area contributed by atoms with E-state index < -0.39 is 0 Å². The standard InChI is InChI=1S/C31H40N4O3/c1-20-4-6-25-27(14-20)32-19-31(25)10-13-34(17-21(31)2)18-29(36)22-8-11-35(12-9-22)30(37)28-16-23-15-24(38-3)5-7-26(23)33-28/h4-7,14-16,21-22,29,32-33,36H,8-13,17-19H2,1-3H3. The highest BCUT2D eigenvalue weighted by Gasteiger charge is 2.46. The Morgan fingerprint density at radius 3 is 2.74 bits per heavy atom. The number of hydrogen-bond donors (Lipinski definition) is 3. The van der Waals surface area contributed by atoms with E-state index in [4.69, 9.17) is 4.74 Å². The summed E-state index contributed by atoms with van der Waals surface area (Å²) in [6.07, 6.45) is 2.44. The van der Waals surface area contributed by atoms with Crippen molar-refractivity contribution in [3.63, 3.8) is 0 Å². The minimum Gasteiger partial charge on any atom is -0.497 e. The SMILES string of the molecule is COc1ccc2[nH]c(C(=O)N3CCC(C(O)CN4CCC5(CNc6cc(C)ccc65)C(C)C4)CC3)cc2c1. The predicted molar refractivity (Wildman–Crippen MR) is 151 cm³/mol. The van der Waals surface area contributed by atoms with Crippen molar-refractivity contribution in [2.24, 2.45) is 11.8 Å². The molecule has 202 valence electrons. The fraction of sp³-hybridized carbons (Fsp3) is 0.516. The highest BCUT2D eigenvalue weighted by Crippen LogP contribution is 2.47. The fourth-order valence-corrected chi connectivity index (χ4v) is 7.10. The molecule has 1 spiro atoms. The Morgan fingerprint density at radius 1 is 1.16 bits per heavy atom. The van der Waals surface area contributed by atoms with E-state index in [0.717, 1.165) is 62.1 Å². The number of aromatic amines is 1. The zero-order chi connectivity index (χ0) is 26.4. The van der Waals surface area contributed by atoms with Crippen LogP contribution in [0.4, 0.5) is 5.69 Å². The lowest BCUT2D eigenvalue weighted by molar-refractivity contribution is 0.0110. The predicted octanol–water partition coefficient (Wildman–Crippen LogP) is 4.40. The van der Waals surface area contributed by atoms with Gasteiger partial charge in [-0.15, -0.1) is 0 Å². The number of hydrogen-bond acceptors (Lipinski definition) is 5. The molecule has 4 heterocycles. The second kappa shape index (κ2) is 9.93. The molecule has 0 aliphatic carbocycles.